The summed E-state index contributed by atoms with van der Waals surface area (Å²) in [7, 11) is 0. The standard InChI is InChI=1S/C17H27NO2/c1-6-10-18(11-7-2)16(20)13-8-9-15(19)14(12-13)17(3,4)5/h8-9,12,19H,6-7,10-11H2,1-5H3. The number of carbonyl (C=O) groups is 1. The molecule has 0 saturated heterocycles. The predicted molar refractivity (Wildman–Crippen MR) is 83.3 cm³/mol. The van der Waals surface area contributed by atoms with E-state index in [-0.39, 0.29) is 17.1 Å². The summed E-state index contributed by atoms with van der Waals surface area (Å²) in [6.07, 6.45) is 1.91. The molecule has 112 valence electrons. The highest BCUT2D eigenvalue weighted by Crippen LogP contribution is 2.31. The van der Waals surface area contributed by atoms with Crippen molar-refractivity contribution in [3.8, 4) is 5.75 Å². The highest BCUT2D eigenvalue weighted by Gasteiger charge is 2.21. The molecule has 1 N–H and O–H groups in total. The van der Waals surface area contributed by atoms with Crippen LogP contribution < -0.4 is 0 Å². The summed E-state index contributed by atoms with van der Waals surface area (Å²) in [4.78, 5) is 14.4. The van der Waals surface area contributed by atoms with Crippen LogP contribution in [0.2, 0.25) is 0 Å². The normalized spacial score (nSPS) is 11.4. The van der Waals surface area contributed by atoms with E-state index >= 15 is 0 Å². The van der Waals surface area contributed by atoms with Crippen LogP contribution in [0.4, 0.5) is 0 Å². The summed E-state index contributed by atoms with van der Waals surface area (Å²) >= 11 is 0. The van der Waals surface area contributed by atoms with Crippen LogP contribution in [-0.2, 0) is 5.41 Å². The summed E-state index contributed by atoms with van der Waals surface area (Å²) in [6, 6.07) is 5.17. The molecule has 0 fully saturated rings. The van der Waals surface area contributed by atoms with Crippen LogP contribution in [0, 0.1) is 0 Å². The Morgan fingerprint density at radius 1 is 1.15 bits per heavy atom. The summed E-state index contributed by atoms with van der Waals surface area (Å²) in [5.41, 5.74) is 1.30. The molecule has 0 aliphatic rings. The molecule has 3 nitrogen and oxygen atoms in total. The first kappa shape index (κ1) is 16.5. The van der Waals surface area contributed by atoms with Gasteiger partial charge in [0.25, 0.3) is 5.91 Å². The Labute approximate surface area is 122 Å². The fourth-order valence-corrected chi connectivity index (χ4v) is 2.31. The largest absolute Gasteiger partial charge is 0.508 e. The highest BCUT2D eigenvalue weighted by atomic mass is 16.3. The highest BCUT2D eigenvalue weighted by molar-refractivity contribution is 5.94. The lowest BCUT2D eigenvalue weighted by atomic mass is 9.85. The van der Waals surface area contributed by atoms with Crippen LogP contribution >= 0.6 is 0 Å². The molecule has 0 spiro atoms. The number of phenolic OH excluding ortho intramolecular Hbond substituents is 1. The molecule has 0 radical (unpaired) electrons. The maximum absolute atomic E-state index is 12.6. The van der Waals surface area contributed by atoms with Gasteiger partial charge in [-0.25, -0.2) is 0 Å². The number of hydrogen-bond donors (Lipinski definition) is 1. The molecular weight excluding hydrogens is 250 g/mol. The van der Waals surface area contributed by atoms with Gasteiger partial charge in [0.2, 0.25) is 0 Å². The first-order valence-corrected chi connectivity index (χ1v) is 7.44. The summed E-state index contributed by atoms with van der Waals surface area (Å²) in [5, 5.41) is 9.97. The molecule has 0 unspecified atom stereocenters. The summed E-state index contributed by atoms with van der Waals surface area (Å²) < 4.78 is 0. The van der Waals surface area contributed by atoms with E-state index in [4.69, 9.17) is 0 Å². The van der Waals surface area contributed by atoms with E-state index < -0.39 is 0 Å². The lowest BCUT2D eigenvalue weighted by Crippen LogP contribution is -2.32. The molecule has 20 heavy (non-hydrogen) atoms. The van der Waals surface area contributed by atoms with Crippen LogP contribution in [0.3, 0.4) is 0 Å². The lowest BCUT2D eigenvalue weighted by molar-refractivity contribution is 0.0755. The van der Waals surface area contributed by atoms with Crippen molar-refractivity contribution >= 4 is 5.91 Å². The molecule has 1 aromatic carbocycles. The van der Waals surface area contributed by atoms with Gasteiger partial charge in [0, 0.05) is 24.2 Å². The molecule has 0 atom stereocenters. The van der Waals surface area contributed by atoms with E-state index in [0.717, 1.165) is 31.5 Å². The number of phenols is 1. The zero-order chi connectivity index (χ0) is 15.3. The third kappa shape index (κ3) is 3.99. The Hall–Kier alpha value is -1.51. The van der Waals surface area contributed by atoms with Crippen molar-refractivity contribution in [2.75, 3.05) is 13.1 Å². The van der Waals surface area contributed by atoms with Crippen molar-refractivity contribution in [3.05, 3.63) is 29.3 Å². The monoisotopic (exact) mass is 277 g/mol. The van der Waals surface area contributed by atoms with Crippen LogP contribution in [0.1, 0.15) is 63.4 Å². The number of hydrogen-bond acceptors (Lipinski definition) is 2. The van der Waals surface area contributed by atoms with Gasteiger partial charge in [0.15, 0.2) is 0 Å². The van der Waals surface area contributed by atoms with Crippen LogP contribution in [-0.4, -0.2) is 29.0 Å². The van der Waals surface area contributed by atoms with Gasteiger partial charge >= 0.3 is 0 Å². The average molecular weight is 277 g/mol. The van der Waals surface area contributed by atoms with Crippen LogP contribution in [0.25, 0.3) is 0 Å². The molecule has 0 aliphatic heterocycles. The molecule has 1 aromatic rings. The second kappa shape index (κ2) is 6.78. The van der Waals surface area contributed by atoms with Crippen molar-refractivity contribution in [1.29, 1.82) is 0 Å². The van der Waals surface area contributed by atoms with E-state index in [1.807, 2.05) is 31.7 Å². The fourth-order valence-electron chi connectivity index (χ4n) is 2.31. The SMILES string of the molecule is CCCN(CCC)C(=O)c1ccc(O)c(C(C)(C)C)c1. The van der Waals surface area contributed by atoms with Crippen LogP contribution in [0.15, 0.2) is 18.2 Å². The van der Waals surface area contributed by atoms with E-state index in [2.05, 4.69) is 13.8 Å². The topological polar surface area (TPSA) is 40.5 Å². The molecule has 1 rings (SSSR count). The van der Waals surface area contributed by atoms with Crippen molar-refractivity contribution in [2.45, 2.75) is 52.9 Å². The zero-order valence-electron chi connectivity index (χ0n) is 13.4. The van der Waals surface area contributed by atoms with Crippen LogP contribution in [0.5, 0.6) is 5.75 Å². The van der Waals surface area contributed by atoms with Crippen molar-refractivity contribution in [2.24, 2.45) is 0 Å². The third-order valence-corrected chi connectivity index (χ3v) is 3.33. The molecule has 3 heteroatoms. The maximum atomic E-state index is 12.6. The minimum Gasteiger partial charge on any atom is -0.508 e. The van der Waals surface area contributed by atoms with Gasteiger partial charge < -0.3 is 10.0 Å². The van der Waals surface area contributed by atoms with Crippen molar-refractivity contribution < 1.29 is 9.90 Å². The van der Waals surface area contributed by atoms with Gasteiger partial charge in [-0.05, 0) is 36.5 Å². The quantitative estimate of drug-likeness (QED) is 0.885. The second-order valence-corrected chi connectivity index (χ2v) is 6.27. The minimum absolute atomic E-state index is 0.0548. The Balaban J connectivity index is 3.10. The van der Waals surface area contributed by atoms with E-state index in [1.165, 1.54) is 0 Å². The van der Waals surface area contributed by atoms with Gasteiger partial charge in [-0.3, -0.25) is 4.79 Å². The average Bonchev–Trinajstić information content (AvgIpc) is 2.37. The maximum Gasteiger partial charge on any atom is 0.253 e. The number of rotatable bonds is 5. The summed E-state index contributed by atoms with van der Waals surface area (Å²) in [6.45, 7) is 11.8. The predicted octanol–water partition coefficient (Wildman–Crippen LogP) is 3.95. The third-order valence-electron chi connectivity index (χ3n) is 3.33. The minimum atomic E-state index is -0.180. The fraction of sp³-hybridized carbons (Fsp3) is 0.588. The van der Waals surface area contributed by atoms with Crippen molar-refractivity contribution in [3.63, 3.8) is 0 Å². The molecule has 0 heterocycles. The lowest BCUT2D eigenvalue weighted by Gasteiger charge is -2.24. The molecule has 0 aromatic heterocycles. The van der Waals surface area contributed by atoms with Crippen molar-refractivity contribution in [1.82, 2.24) is 4.90 Å². The molecule has 0 saturated carbocycles. The number of benzene rings is 1. The number of carbonyl (C=O) groups excluding carboxylic acids is 1. The number of amides is 1. The zero-order valence-corrected chi connectivity index (χ0v) is 13.4. The van der Waals surface area contributed by atoms with E-state index in [1.54, 1.807) is 12.1 Å². The number of nitrogens with zero attached hydrogens (tertiary/aromatic N) is 1. The Morgan fingerprint density at radius 3 is 2.15 bits per heavy atom. The molecular formula is C17H27NO2. The molecule has 0 aliphatic carbocycles. The molecule has 1 amide bonds. The molecule has 0 bridgehead atoms. The van der Waals surface area contributed by atoms with E-state index in [0.29, 0.717) is 5.56 Å². The summed E-state index contributed by atoms with van der Waals surface area (Å²) in [5.74, 6) is 0.311. The van der Waals surface area contributed by atoms with Gasteiger partial charge in [-0.15, -0.1) is 0 Å². The van der Waals surface area contributed by atoms with Gasteiger partial charge in [0.1, 0.15) is 5.75 Å². The second-order valence-electron chi connectivity index (χ2n) is 6.27. The smallest absolute Gasteiger partial charge is 0.253 e. The van der Waals surface area contributed by atoms with Gasteiger partial charge in [-0.1, -0.05) is 34.6 Å². The first-order valence-electron chi connectivity index (χ1n) is 7.44. The Morgan fingerprint density at radius 2 is 1.70 bits per heavy atom. The first-order chi connectivity index (χ1) is 9.31. The number of aromatic hydroxyl groups is 1. The van der Waals surface area contributed by atoms with E-state index in [9.17, 15) is 9.90 Å². The Bertz CT molecular complexity index is 455. The van der Waals surface area contributed by atoms with Gasteiger partial charge in [-0.2, -0.15) is 0 Å². The Kier molecular flexibility index (Phi) is 5.61. The van der Waals surface area contributed by atoms with Gasteiger partial charge in [0.05, 0.1) is 0 Å².